The van der Waals surface area contributed by atoms with Crippen LogP contribution in [-0.4, -0.2) is 44.0 Å². The molecule has 2 rings (SSSR count). The van der Waals surface area contributed by atoms with Gasteiger partial charge in [-0.1, -0.05) is 11.6 Å². The lowest BCUT2D eigenvalue weighted by Crippen LogP contribution is -2.39. The third kappa shape index (κ3) is 3.91. The number of esters is 1. The summed E-state index contributed by atoms with van der Waals surface area (Å²) < 4.78 is 4.69. The van der Waals surface area contributed by atoms with Crippen molar-refractivity contribution in [3.8, 4) is 0 Å². The molecule has 1 fully saturated rings. The van der Waals surface area contributed by atoms with Crippen LogP contribution in [0.2, 0.25) is 5.02 Å². The van der Waals surface area contributed by atoms with Crippen LogP contribution in [0, 0.1) is 5.92 Å². The largest absolute Gasteiger partial charge is 0.469 e. The Morgan fingerprint density at radius 3 is 2.64 bits per heavy atom. The van der Waals surface area contributed by atoms with Gasteiger partial charge < -0.3 is 15.0 Å². The fourth-order valence-electron chi connectivity index (χ4n) is 2.67. The van der Waals surface area contributed by atoms with E-state index >= 15 is 0 Å². The molecule has 1 N–H and O–H groups in total. The van der Waals surface area contributed by atoms with E-state index in [1.807, 2.05) is 6.07 Å². The average Bonchev–Trinajstić information content (AvgIpc) is 2.55. The molecule has 0 spiro atoms. The SMILES string of the molecule is CNc1ccc(Cl)c(C(=O)N2CCC(CC(=O)OC)CC2)c1. The van der Waals surface area contributed by atoms with Gasteiger partial charge in [-0.05, 0) is 37.0 Å². The lowest BCUT2D eigenvalue weighted by molar-refractivity contribution is -0.142. The molecular weight excluding hydrogens is 304 g/mol. The zero-order valence-corrected chi connectivity index (χ0v) is 13.7. The first-order chi connectivity index (χ1) is 10.5. The Labute approximate surface area is 135 Å². The molecule has 1 saturated heterocycles. The van der Waals surface area contributed by atoms with E-state index in [4.69, 9.17) is 16.3 Å². The second kappa shape index (κ2) is 7.49. The maximum Gasteiger partial charge on any atom is 0.305 e. The third-order valence-corrected chi connectivity index (χ3v) is 4.40. The number of methoxy groups -OCH3 is 1. The van der Waals surface area contributed by atoms with E-state index in [1.54, 1.807) is 24.1 Å². The van der Waals surface area contributed by atoms with Crippen LogP contribution in [0.15, 0.2) is 18.2 Å². The molecule has 1 heterocycles. The maximum absolute atomic E-state index is 12.6. The fraction of sp³-hybridized carbons (Fsp3) is 0.500. The maximum atomic E-state index is 12.6. The summed E-state index contributed by atoms with van der Waals surface area (Å²) in [4.78, 5) is 25.7. The number of nitrogens with one attached hydrogen (secondary N) is 1. The van der Waals surface area contributed by atoms with Gasteiger partial charge in [-0.3, -0.25) is 9.59 Å². The summed E-state index contributed by atoms with van der Waals surface area (Å²) in [6.45, 7) is 1.28. The van der Waals surface area contributed by atoms with E-state index in [1.165, 1.54) is 7.11 Å². The van der Waals surface area contributed by atoms with E-state index in [0.717, 1.165) is 18.5 Å². The number of hydrogen-bond acceptors (Lipinski definition) is 4. The summed E-state index contributed by atoms with van der Waals surface area (Å²) in [6, 6.07) is 5.33. The van der Waals surface area contributed by atoms with E-state index in [0.29, 0.717) is 30.1 Å². The van der Waals surface area contributed by atoms with E-state index < -0.39 is 0 Å². The van der Waals surface area contributed by atoms with Crippen molar-refractivity contribution in [2.24, 2.45) is 5.92 Å². The van der Waals surface area contributed by atoms with Gasteiger partial charge in [-0.2, -0.15) is 0 Å². The summed E-state index contributed by atoms with van der Waals surface area (Å²) in [6.07, 6.45) is 2.04. The number of likely N-dealkylation sites (tertiary alicyclic amines) is 1. The third-order valence-electron chi connectivity index (χ3n) is 4.07. The molecule has 1 aromatic carbocycles. The Balaban J connectivity index is 1.99. The summed E-state index contributed by atoms with van der Waals surface area (Å²) in [7, 11) is 3.20. The van der Waals surface area contributed by atoms with Crippen molar-refractivity contribution in [2.45, 2.75) is 19.3 Å². The zero-order valence-electron chi connectivity index (χ0n) is 12.9. The van der Waals surface area contributed by atoms with Crippen molar-refractivity contribution in [1.82, 2.24) is 4.90 Å². The molecule has 1 amide bonds. The van der Waals surface area contributed by atoms with Crippen LogP contribution in [0.5, 0.6) is 0 Å². The number of hydrogen-bond donors (Lipinski definition) is 1. The number of carbonyl (C=O) groups is 2. The van der Waals surface area contributed by atoms with Gasteiger partial charge in [0.1, 0.15) is 0 Å². The van der Waals surface area contributed by atoms with Crippen LogP contribution >= 0.6 is 11.6 Å². The molecule has 120 valence electrons. The molecule has 0 saturated carbocycles. The second-order valence-corrected chi connectivity index (χ2v) is 5.87. The molecule has 0 atom stereocenters. The highest BCUT2D eigenvalue weighted by Crippen LogP contribution is 2.26. The Bertz CT molecular complexity index is 554. The highest BCUT2D eigenvalue weighted by molar-refractivity contribution is 6.34. The van der Waals surface area contributed by atoms with Gasteiger partial charge in [0.15, 0.2) is 0 Å². The van der Waals surface area contributed by atoms with E-state index in [2.05, 4.69) is 5.32 Å². The highest BCUT2D eigenvalue weighted by Gasteiger charge is 2.26. The lowest BCUT2D eigenvalue weighted by Gasteiger charge is -2.31. The minimum Gasteiger partial charge on any atom is -0.469 e. The van der Waals surface area contributed by atoms with E-state index in [9.17, 15) is 9.59 Å². The van der Waals surface area contributed by atoms with Crippen LogP contribution in [0.25, 0.3) is 0 Å². The van der Waals surface area contributed by atoms with Gasteiger partial charge in [-0.15, -0.1) is 0 Å². The minimum atomic E-state index is -0.186. The lowest BCUT2D eigenvalue weighted by atomic mass is 9.93. The standard InChI is InChI=1S/C16H21ClN2O3/c1-18-12-3-4-14(17)13(10-12)16(21)19-7-5-11(6-8-19)9-15(20)22-2/h3-4,10-11,18H,5-9H2,1-2H3. The quantitative estimate of drug-likeness (QED) is 0.865. The number of amides is 1. The molecule has 0 aromatic heterocycles. The van der Waals surface area contributed by atoms with Gasteiger partial charge in [0.05, 0.1) is 17.7 Å². The summed E-state index contributed by atoms with van der Waals surface area (Å²) in [5, 5.41) is 3.47. The topological polar surface area (TPSA) is 58.6 Å². The summed E-state index contributed by atoms with van der Waals surface area (Å²) in [5.74, 6) is 0.0452. The first kappa shape index (κ1) is 16.6. The minimum absolute atomic E-state index is 0.0568. The van der Waals surface area contributed by atoms with Gasteiger partial charge in [0.25, 0.3) is 5.91 Å². The van der Waals surface area contributed by atoms with Crippen molar-refractivity contribution < 1.29 is 14.3 Å². The smallest absolute Gasteiger partial charge is 0.305 e. The first-order valence-corrected chi connectivity index (χ1v) is 7.76. The molecule has 0 unspecified atom stereocenters. The monoisotopic (exact) mass is 324 g/mol. The van der Waals surface area contributed by atoms with Gasteiger partial charge >= 0.3 is 5.97 Å². The van der Waals surface area contributed by atoms with Crippen molar-refractivity contribution in [3.63, 3.8) is 0 Å². The Morgan fingerprint density at radius 2 is 2.05 bits per heavy atom. The van der Waals surface area contributed by atoms with Crippen molar-refractivity contribution in [1.29, 1.82) is 0 Å². The first-order valence-electron chi connectivity index (χ1n) is 7.38. The summed E-state index contributed by atoms with van der Waals surface area (Å²) >= 11 is 6.15. The zero-order chi connectivity index (χ0) is 16.1. The number of piperidine rings is 1. The van der Waals surface area contributed by atoms with Crippen molar-refractivity contribution >= 4 is 29.2 Å². The molecule has 22 heavy (non-hydrogen) atoms. The summed E-state index contributed by atoms with van der Waals surface area (Å²) in [5.41, 5.74) is 1.37. The highest BCUT2D eigenvalue weighted by atomic mass is 35.5. The Hall–Kier alpha value is -1.75. The number of carbonyl (C=O) groups excluding carboxylic acids is 2. The number of anilines is 1. The molecule has 0 bridgehead atoms. The van der Waals surface area contributed by atoms with Crippen molar-refractivity contribution in [3.05, 3.63) is 28.8 Å². The van der Waals surface area contributed by atoms with Gasteiger partial charge in [0.2, 0.25) is 0 Å². The molecule has 5 nitrogen and oxygen atoms in total. The molecule has 6 heteroatoms. The second-order valence-electron chi connectivity index (χ2n) is 5.46. The number of rotatable bonds is 4. The number of halogens is 1. The van der Waals surface area contributed by atoms with E-state index in [-0.39, 0.29) is 17.8 Å². The fourth-order valence-corrected chi connectivity index (χ4v) is 2.87. The molecular formula is C16H21ClN2O3. The molecule has 1 aromatic rings. The predicted molar refractivity (Wildman–Crippen MR) is 86.3 cm³/mol. The normalized spacial score (nSPS) is 15.5. The Kier molecular flexibility index (Phi) is 5.66. The van der Waals surface area contributed by atoms with Gasteiger partial charge in [-0.25, -0.2) is 0 Å². The number of nitrogens with zero attached hydrogens (tertiary/aromatic N) is 1. The molecule has 1 aliphatic heterocycles. The average molecular weight is 325 g/mol. The van der Waals surface area contributed by atoms with Crippen LogP contribution in [0.4, 0.5) is 5.69 Å². The number of ether oxygens (including phenoxy) is 1. The van der Waals surface area contributed by atoms with Crippen LogP contribution in [0.1, 0.15) is 29.6 Å². The van der Waals surface area contributed by atoms with Crippen LogP contribution in [0.3, 0.4) is 0 Å². The van der Waals surface area contributed by atoms with Crippen LogP contribution < -0.4 is 5.32 Å². The molecule has 0 aliphatic carbocycles. The predicted octanol–water partition coefficient (Wildman–Crippen LogP) is 2.80. The molecule has 0 radical (unpaired) electrons. The van der Waals surface area contributed by atoms with Gasteiger partial charge in [0, 0.05) is 32.2 Å². The number of benzene rings is 1. The van der Waals surface area contributed by atoms with Crippen LogP contribution in [-0.2, 0) is 9.53 Å². The van der Waals surface area contributed by atoms with Crippen molar-refractivity contribution in [2.75, 3.05) is 32.6 Å². The molecule has 1 aliphatic rings. The Morgan fingerprint density at radius 1 is 1.36 bits per heavy atom.